The van der Waals surface area contributed by atoms with Gasteiger partial charge in [0.1, 0.15) is 5.75 Å². The molecule has 29 heavy (non-hydrogen) atoms. The summed E-state index contributed by atoms with van der Waals surface area (Å²) in [5, 5.41) is 5.66. The van der Waals surface area contributed by atoms with E-state index < -0.39 is 0 Å². The maximum absolute atomic E-state index is 12.2. The van der Waals surface area contributed by atoms with Gasteiger partial charge in [-0.15, -0.1) is 0 Å². The number of anilines is 1. The standard InChI is InChI=1S/C23H26N2O4/c1-2-28-20-12-5-17(6-13-20)7-14-22(26)25-19-10-8-18(9-11-19)23(27)24-16-21-4-3-15-29-21/h5-14,21H,2-4,15-16H2,1H3,(H,24,27)(H,25,26)/b14-7+. The molecule has 0 bridgehead atoms. The highest BCUT2D eigenvalue weighted by atomic mass is 16.5. The third kappa shape index (κ3) is 6.47. The van der Waals surface area contributed by atoms with Gasteiger partial charge in [0.2, 0.25) is 5.91 Å². The first kappa shape index (κ1) is 20.6. The molecular weight excluding hydrogens is 368 g/mol. The lowest BCUT2D eigenvalue weighted by atomic mass is 10.1. The minimum absolute atomic E-state index is 0.111. The Kier molecular flexibility index (Phi) is 7.41. The molecule has 152 valence electrons. The third-order valence-corrected chi connectivity index (χ3v) is 4.55. The summed E-state index contributed by atoms with van der Waals surface area (Å²) < 4.78 is 10.9. The van der Waals surface area contributed by atoms with Crippen LogP contribution in [0.2, 0.25) is 0 Å². The quantitative estimate of drug-likeness (QED) is 0.670. The first-order valence-electron chi connectivity index (χ1n) is 9.86. The number of ether oxygens (including phenoxy) is 2. The van der Waals surface area contributed by atoms with Crippen molar-refractivity contribution < 1.29 is 19.1 Å². The summed E-state index contributed by atoms with van der Waals surface area (Å²) in [6.45, 7) is 3.84. The van der Waals surface area contributed by atoms with Gasteiger partial charge in [-0.3, -0.25) is 9.59 Å². The summed E-state index contributed by atoms with van der Waals surface area (Å²) in [7, 11) is 0. The molecular formula is C23H26N2O4. The lowest BCUT2D eigenvalue weighted by Gasteiger charge is -2.11. The van der Waals surface area contributed by atoms with Crippen LogP contribution >= 0.6 is 0 Å². The molecule has 1 saturated heterocycles. The van der Waals surface area contributed by atoms with E-state index in [9.17, 15) is 9.59 Å². The highest BCUT2D eigenvalue weighted by Gasteiger charge is 2.16. The predicted molar refractivity (Wildman–Crippen MR) is 113 cm³/mol. The van der Waals surface area contributed by atoms with Crippen LogP contribution in [0.1, 0.15) is 35.7 Å². The Morgan fingerprint density at radius 1 is 1.14 bits per heavy atom. The van der Waals surface area contributed by atoms with Gasteiger partial charge in [0.15, 0.2) is 0 Å². The molecule has 1 aliphatic rings. The van der Waals surface area contributed by atoms with E-state index in [4.69, 9.17) is 9.47 Å². The number of hydrogen-bond donors (Lipinski definition) is 2. The van der Waals surface area contributed by atoms with E-state index in [1.807, 2.05) is 31.2 Å². The molecule has 2 aromatic rings. The molecule has 1 atom stereocenters. The van der Waals surface area contributed by atoms with Crippen LogP contribution in [-0.4, -0.2) is 37.7 Å². The number of amides is 2. The van der Waals surface area contributed by atoms with Crippen molar-refractivity contribution in [3.8, 4) is 5.75 Å². The number of hydrogen-bond acceptors (Lipinski definition) is 4. The molecule has 0 aliphatic carbocycles. The van der Waals surface area contributed by atoms with E-state index >= 15 is 0 Å². The highest BCUT2D eigenvalue weighted by molar-refractivity contribution is 6.02. The van der Waals surface area contributed by atoms with Gasteiger partial charge < -0.3 is 20.1 Å². The summed E-state index contributed by atoms with van der Waals surface area (Å²) in [4.78, 5) is 24.3. The van der Waals surface area contributed by atoms with Crippen molar-refractivity contribution >= 4 is 23.6 Å². The lowest BCUT2D eigenvalue weighted by Crippen LogP contribution is -2.31. The zero-order chi connectivity index (χ0) is 20.5. The monoisotopic (exact) mass is 394 g/mol. The van der Waals surface area contributed by atoms with Gasteiger partial charge in [-0.25, -0.2) is 0 Å². The fraction of sp³-hybridized carbons (Fsp3) is 0.304. The van der Waals surface area contributed by atoms with Crippen LogP contribution in [0.3, 0.4) is 0 Å². The number of benzene rings is 2. The Morgan fingerprint density at radius 3 is 2.55 bits per heavy atom. The molecule has 0 radical (unpaired) electrons. The maximum atomic E-state index is 12.2. The van der Waals surface area contributed by atoms with Gasteiger partial charge in [0, 0.05) is 30.5 Å². The first-order valence-corrected chi connectivity index (χ1v) is 9.86. The molecule has 1 heterocycles. The summed E-state index contributed by atoms with van der Waals surface area (Å²) in [5.41, 5.74) is 2.08. The first-order chi connectivity index (χ1) is 14.1. The minimum Gasteiger partial charge on any atom is -0.494 e. The van der Waals surface area contributed by atoms with Crippen molar-refractivity contribution in [3.63, 3.8) is 0 Å². The fourth-order valence-corrected chi connectivity index (χ4v) is 3.02. The average Bonchev–Trinajstić information content (AvgIpc) is 3.26. The summed E-state index contributed by atoms with van der Waals surface area (Å²) in [6.07, 6.45) is 5.34. The van der Waals surface area contributed by atoms with Crippen LogP contribution in [0.5, 0.6) is 5.75 Å². The number of carbonyl (C=O) groups is 2. The van der Waals surface area contributed by atoms with E-state index in [1.165, 1.54) is 6.08 Å². The van der Waals surface area contributed by atoms with Crippen molar-refractivity contribution in [2.24, 2.45) is 0 Å². The summed E-state index contributed by atoms with van der Waals surface area (Å²) in [6, 6.07) is 14.3. The van der Waals surface area contributed by atoms with E-state index in [-0.39, 0.29) is 17.9 Å². The van der Waals surface area contributed by atoms with Crippen molar-refractivity contribution in [3.05, 3.63) is 65.7 Å². The molecule has 1 aliphatic heterocycles. The molecule has 6 heteroatoms. The number of nitrogens with one attached hydrogen (secondary N) is 2. The Balaban J connectivity index is 1.48. The Morgan fingerprint density at radius 2 is 1.90 bits per heavy atom. The van der Waals surface area contributed by atoms with Crippen LogP contribution in [0, 0.1) is 0 Å². The van der Waals surface area contributed by atoms with Gasteiger partial charge in [-0.05, 0) is 67.8 Å². The molecule has 1 fully saturated rings. The molecule has 2 aromatic carbocycles. The molecule has 0 spiro atoms. The van der Waals surface area contributed by atoms with E-state index in [1.54, 1.807) is 30.3 Å². The predicted octanol–water partition coefficient (Wildman–Crippen LogP) is 3.65. The zero-order valence-electron chi connectivity index (χ0n) is 16.5. The number of carbonyl (C=O) groups excluding carboxylic acids is 2. The fourth-order valence-electron chi connectivity index (χ4n) is 3.02. The molecule has 2 amide bonds. The van der Waals surface area contributed by atoms with E-state index in [0.717, 1.165) is 30.8 Å². The topological polar surface area (TPSA) is 76.7 Å². The van der Waals surface area contributed by atoms with Crippen LogP contribution in [-0.2, 0) is 9.53 Å². The molecule has 0 saturated carbocycles. The Labute approximate surface area is 170 Å². The van der Waals surface area contributed by atoms with Gasteiger partial charge in [-0.2, -0.15) is 0 Å². The van der Waals surface area contributed by atoms with Crippen molar-refractivity contribution in [2.75, 3.05) is 25.1 Å². The van der Waals surface area contributed by atoms with Gasteiger partial charge in [0.25, 0.3) is 5.91 Å². The molecule has 2 N–H and O–H groups in total. The second kappa shape index (κ2) is 10.4. The molecule has 6 nitrogen and oxygen atoms in total. The minimum atomic E-state index is -0.241. The van der Waals surface area contributed by atoms with Crippen molar-refractivity contribution in [1.29, 1.82) is 0 Å². The maximum Gasteiger partial charge on any atom is 0.251 e. The zero-order valence-corrected chi connectivity index (χ0v) is 16.5. The molecule has 0 aromatic heterocycles. The third-order valence-electron chi connectivity index (χ3n) is 4.55. The summed E-state index contributed by atoms with van der Waals surface area (Å²) in [5.74, 6) is 0.414. The summed E-state index contributed by atoms with van der Waals surface area (Å²) >= 11 is 0. The number of rotatable bonds is 8. The van der Waals surface area contributed by atoms with Crippen LogP contribution < -0.4 is 15.4 Å². The van der Waals surface area contributed by atoms with Crippen molar-refractivity contribution in [2.45, 2.75) is 25.9 Å². The SMILES string of the molecule is CCOc1ccc(/C=C/C(=O)Nc2ccc(C(=O)NCC3CCCO3)cc2)cc1. The van der Waals surface area contributed by atoms with Crippen molar-refractivity contribution in [1.82, 2.24) is 5.32 Å². The highest BCUT2D eigenvalue weighted by Crippen LogP contribution is 2.14. The molecule has 3 rings (SSSR count). The van der Waals surface area contributed by atoms with E-state index in [0.29, 0.717) is 24.4 Å². The van der Waals surface area contributed by atoms with Crippen LogP contribution in [0.4, 0.5) is 5.69 Å². The van der Waals surface area contributed by atoms with Gasteiger partial charge in [0.05, 0.1) is 12.7 Å². The smallest absolute Gasteiger partial charge is 0.251 e. The largest absolute Gasteiger partial charge is 0.494 e. The van der Waals surface area contributed by atoms with Crippen LogP contribution in [0.25, 0.3) is 6.08 Å². The average molecular weight is 394 g/mol. The second-order valence-electron chi connectivity index (χ2n) is 6.75. The van der Waals surface area contributed by atoms with E-state index in [2.05, 4.69) is 10.6 Å². The van der Waals surface area contributed by atoms with Crippen LogP contribution in [0.15, 0.2) is 54.6 Å². The second-order valence-corrected chi connectivity index (χ2v) is 6.75. The lowest BCUT2D eigenvalue weighted by molar-refractivity contribution is -0.111. The normalized spacial score (nSPS) is 16.0. The Hall–Kier alpha value is -3.12. The van der Waals surface area contributed by atoms with Gasteiger partial charge in [-0.1, -0.05) is 12.1 Å². The molecule has 1 unspecified atom stereocenters. The Bertz CT molecular complexity index is 838. The van der Waals surface area contributed by atoms with Gasteiger partial charge >= 0.3 is 0 Å².